The van der Waals surface area contributed by atoms with Crippen molar-refractivity contribution in [3.05, 3.63) is 24.3 Å². The van der Waals surface area contributed by atoms with Gasteiger partial charge < -0.3 is 15.4 Å². The maximum Gasteiger partial charge on any atom is 0.119 e. The molecule has 0 atom stereocenters. The first-order valence-electron chi connectivity index (χ1n) is 8.04. The summed E-state index contributed by atoms with van der Waals surface area (Å²) in [5.41, 5.74) is 1.15. The minimum atomic E-state index is 0.717. The van der Waals surface area contributed by atoms with Gasteiger partial charge in [0.1, 0.15) is 5.75 Å². The Morgan fingerprint density at radius 1 is 0.850 bits per heavy atom. The number of unbranched alkanes of at least 4 members (excludes halogenated alkanes) is 4. The van der Waals surface area contributed by atoms with Crippen LogP contribution in [0, 0.1) is 0 Å². The smallest absolute Gasteiger partial charge is 0.119 e. The molecule has 0 fully saturated rings. The lowest BCUT2D eigenvalue weighted by Gasteiger charge is -2.09. The van der Waals surface area contributed by atoms with Crippen molar-refractivity contribution >= 4 is 5.69 Å². The summed E-state index contributed by atoms with van der Waals surface area (Å²) in [5.74, 6) is 0.934. The highest BCUT2D eigenvalue weighted by atomic mass is 16.5. The molecule has 3 heteroatoms. The van der Waals surface area contributed by atoms with Crippen LogP contribution in [0.2, 0.25) is 0 Å². The zero-order chi connectivity index (χ0) is 14.5. The number of hydrogen-bond acceptors (Lipinski definition) is 3. The van der Waals surface area contributed by atoms with E-state index in [1.807, 2.05) is 19.1 Å². The molecule has 0 amide bonds. The van der Waals surface area contributed by atoms with E-state index >= 15 is 0 Å². The van der Waals surface area contributed by atoms with Gasteiger partial charge >= 0.3 is 0 Å². The van der Waals surface area contributed by atoms with E-state index in [0.717, 1.165) is 37.7 Å². The molecule has 0 aromatic heterocycles. The van der Waals surface area contributed by atoms with Crippen LogP contribution in [0.1, 0.15) is 46.0 Å². The lowest BCUT2D eigenvalue weighted by Crippen LogP contribution is -2.23. The fourth-order valence-electron chi connectivity index (χ4n) is 2.11. The summed E-state index contributed by atoms with van der Waals surface area (Å²) in [4.78, 5) is 0. The van der Waals surface area contributed by atoms with Crippen LogP contribution in [0.25, 0.3) is 0 Å². The third-order valence-corrected chi connectivity index (χ3v) is 3.25. The molecule has 1 aromatic carbocycles. The molecule has 0 aliphatic carbocycles. The molecule has 0 radical (unpaired) electrons. The van der Waals surface area contributed by atoms with E-state index in [1.165, 1.54) is 32.1 Å². The van der Waals surface area contributed by atoms with Gasteiger partial charge in [0.15, 0.2) is 0 Å². The van der Waals surface area contributed by atoms with E-state index in [-0.39, 0.29) is 0 Å². The number of benzene rings is 1. The van der Waals surface area contributed by atoms with Crippen LogP contribution in [-0.4, -0.2) is 26.2 Å². The standard InChI is InChI=1S/C17H30N2O/c1-3-5-6-7-8-13-18-14-15-19-16-9-11-17(12-10-16)20-4-2/h9-12,18-19H,3-8,13-15H2,1-2H3. The lowest BCUT2D eigenvalue weighted by atomic mass is 10.1. The zero-order valence-corrected chi connectivity index (χ0v) is 13.1. The topological polar surface area (TPSA) is 33.3 Å². The average Bonchev–Trinajstić information content (AvgIpc) is 2.47. The van der Waals surface area contributed by atoms with Crippen LogP contribution in [0.5, 0.6) is 5.75 Å². The molecule has 0 unspecified atom stereocenters. The summed E-state index contributed by atoms with van der Waals surface area (Å²) in [6.07, 6.45) is 6.72. The minimum absolute atomic E-state index is 0.717. The predicted octanol–water partition coefficient (Wildman–Crippen LogP) is 4.06. The first kappa shape index (κ1) is 16.8. The maximum absolute atomic E-state index is 5.42. The van der Waals surface area contributed by atoms with E-state index in [4.69, 9.17) is 4.74 Å². The number of hydrogen-bond donors (Lipinski definition) is 2. The molecule has 0 bridgehead atoms. The van der Waals surface area contributed by atoms with Crippen molar-refractivity contribution in [2.24, 2.45) is 0 Å². The van der Waals surface area contributed by atoms with Gasteiger partial charge in [-0.25, -0.2) is 0 Å². The minimum Gasteiger partial charge on any atom is -0.494 e. The Balaban J connectivity index is 1.98. The number of nitrogens with one attached hydrogen (secondary N) is 2. The Labute approximate surface area is 124 Å². The quantitative estimate of drug-likeness (QED) is 0.566. The van der Waals surface area contributed by atoms with Gasteiger partial charge in [-0.1, -0.05) is 32.6 Å². The molecule has 114 valence electrons. The van der Waals surface area contributed by atoms with Crippen molar-refractivity contribution in [1.82, 2.24) is 5.32 Å². The number of anilines is 1. The summed E-state index contributed by atoms with van der Waals surface area (Å²) in [6.45, 7) is 8.08. The van der Waals surface area contributed by atoms with Crippen molar-refractivity contribution in [3.8, 4) is 5.75 Å². The highest BCUT2D eigenvalue weighted by Gasteiger charge is 1.94. The van der Waals surface area contributed by atoms with E-state index in [0.29, 0.717) is 0 Å². The average molecular weight is 278 g/mol. The second kappa shape index (κ2) is 11.6. The van der Waals surface area contributed by atoms with Crippen molar-refractivity contribution in [2.75, 3.05) is 31.6 Å². The molecule has 2 N–H and O–H groups in total. The molecular weight excluding hydrogens is 248 g/mol. The number of rotatable bonds is 12. The van der Waals surface area contributed by atoms with Crippen LogP contribution in [0.3, 0.4) is 0 Å². The Bertz CT molecular complexity index is 324. The van der Waals surface area contributed by atoms with Crippen molar-refractivity contribution in [3.63, 3.8) is 0 Å². The van der Waals surface area contributed by atoms with Crippen LogP contribution in [0.15, 0.2) is 24.3 Å². The Morgan fingerprint density at radius 3 is 2.30 bits per heavy atom. The van der Waals surface area contributed by atoms with E-state index in [9.17, 15) is 0 Å². The first-order chi connectivity index (χ1) is 9.86. The predicted molar refractivity (Wildman–Crippen MR) is 87.7 cm³/mol. The third kappa shape index (κ3) is 8.05. The van der Waals surface area contributed by atoms with Crippen LogP contribution in [-0.2, 0) is 0 Å². The summed E-state index contributed by atoms with van der Waals surface area (Å²) >= 11 is 0. The van der Waals surface area contributed by atoms with Gasteiger partial charge in [-0.2, -0.15) is 0 Å². The first-order valence-corrected chi connectivity index (χ1v) is 8.04. The summed E-state index contributed by atoms with van der Waals surface area (Å²) in [5, 5.41) is 6.88. The van der Waals surface area contributed by atoms with E-state index in [1.54, 1.807) is 0 Å². The van der Waals surface area contributed by atoms with Gasteiger partial charge in [0.2, 0.25) is 0 Å². The largest absolute Gasteiger partial charge is 0.494 e. The highest BCUT2D eigenvalue weighted by Crippen LogP contribution is 2.15. The summed E-state index contributed by atoms with van der Waals surface area (Å²) < 4.78 is 5.42. The molecular formula is C17H30N2O. The maximum atomic E-state index is 5.42. The fraction of sp³-hybridized carbons (Fsp3) is 0.647. The second-order valence-electron chi connectivity index (χ2n) is 5.05. The molecule has 0 aliphatic heterocycles. The fourth-order valence-corrected chi connectivity index (χ4v) is 2.11. The molecule has 1 rings (SSSR count). The molecule has 0 spiro atoms. The monoisotopic (exact) mass is 278 g/mol. The van der Waals surface area contributed by atoms with E-state index < -0.39 is 0 Å². The zero-order valence-electron chi connectivity index (χ0n) is 13.1. The molecule has 0 saturated heterocycles. The van der Waals surface area contributed by atoms with Crippen LogP contribution < -0.4 is 15.4 Å². The summed E-state index contributed by atoms with van der Waals surface area (Å²) in [6, 6.07) is 8.14. The van der Waals surface area contributed by atoms with Gasteiger partial charge in [-0.15, -0.1) is 0 Å². The molecule has 0 heterocycles. The second-order valence-corrected chi connectivity index (χ2v) is 5.05. The normalized spacial score (nSPS) is 10.5. The Morgan fingerprint density at radius 2 is 1.60 bits per heavy atom. The van der Waals surface area contributed by atoms with Crippen LogP contribution >= 0.6 is 0 Å². The van der Waals surface area contributed by atoms with Gasteiger partial charge in [-0.05, 0) is 44.2 Å². The lowest BCUT2D eigenvalue weighted by molar-refractivity contribution is 0.340. The molecule has 0 saturated carbocycles. The molecule has 0 aliphatic rings. The van der Waals surface area contributed by atoms with E-state index in [2.05, 4.69) is 29.7 Å². The van der Waals surface area contributed by atoms with Crippen molar-refractivity contribution < 1.29 is 4.74 Å². The molecule has 1 aromatic rings. The molecule has 20 heavy (non-hydrogen) atoms. The van der Waals surface area contributed by atoms with Gasteiger partial charge in [0.25, 0.3) is 0 Å². The van der Waals surface area contributed by atoms with Gasteiger partial charge in [0.05, 0.1) is 6.61 Å². The van der Waals surface area contributed by atoms with Crippen molar-refractivity contribution in [2.45, 2.75) is 46.0 Å². The van der Waals surface area contributed by atoms with Gasteiger partial charge in [-0.3, -0.25) is 0 Å². The third-order valence-electron chi connectivity index (χ3n) is 3.25. The highest BCUT2D eigenvalue weighted by molar-refractivity contribution is 5.46. The summed E-state index contributed by atoms with van der Waals surface area (Å²) in [7, 11) is 0. The van der Waals surface area contributed by atoms with Crippen LogP contribution in [0.4, 0.5) is 5.69 Å². The van der Waals surface area contributed by atoms with Crippen molar-refractivity contribution in [1.29, 1.82) is 0 Å². The molecule has 3 nitrogen and oxygen atoms in total. The SMILES string of the molecule is CCCCCCCNCCNc1ccc(OCC)cc1. The van der Waals surface area contributed by atoms with Gasteiger partial charge in [0, 0.05) is 18.8 Å². The Hall–Kier alpha value is -1.22. The Kier molecular flexibility index (Phi) is 9.76. The number of ether oxygens (including phenoxy) is 1.